The lowest BCUT2D eigenvalue weighted by Crippen LogP contribution is -2.50. The molecule has 10 nitrogen and oxygen atoms in total. The first kappa shape index (κ1) is 23.6. The molecule has 0 aromatic heterocycles. The number of hydrogen-bond acceptors (Lipinski definition) is 7. The number of sulfonamides is 1. The van der Waals surface area contributed by atoms with Gasteiger partial charge in [0.1, 0.15) is 6.61 Å². The summed E-state index contributed by atoms with van der Waals surface area (Å²) in [5.74, 6) is -1.36. The molecule has 3 N–H and O–H groups in total. The number of benzene rings is 1. The maximum atomic E-state index is 12.2. The van der Waals surface area contributed by atoms with Crippen molar-refractivity contribution in [1.29, 1.82) is 0 Å². The molecule has 164 valence electrons. The molecule has 1 unspecified atom stereocenters. The highest BCUT2D eigenvalue weighted by Gasteiger charge is 2.30. The summed E-state index contributed by atoms with van der Waals surface area (Å²) in [7, 11) is -3.80. The van der Waals surface area contributed by atoms with E-state index in [9.17, 15) is 22.8 Å². The van der Waals surface area contributed by atoms with Crippen LogP contribution in [0.1, 0.15) is 20.3 Å². The van der Waals surface area contributed by atoms with Gasteiger partial charge < -0.3 is 20.1 Å². The molecule has 1 aliphatic rings. The number of hydrogen-bond donors (Lipinski definition) is 3. The van der Waals surface area contributed by atoms with E-state index in [4.69, 9.17) is 21.1 Å². The second kappa shape index (κ2) is 10.4. The molecule has 1 heterocycles. The number of urea groups is 1. The topological polar surface area (TPSA) is 140 Å². The molecule has 2 amide bonds. The van der Waals surface area contributed by atoms with Crippen LogP contribution in [0.4, 0.5) is 4.79 Å². The Bertz CT molecular complexity index is 945. The summed E-state index contributed by atoms with van der Waals surface area (Å²) in [6, 6.07) is 4.39. The van der Waals surface area contributed by atoms with Gasteiger partial charge in [-0.15, -0.1) is 0 Å². The summed E-state index contributed by atoms with van der Waals surface area (Å²) in [5.41, 5.74) is 0.257. The molecule has 0 saturated heterocycles. The minimum Gasteiger partial charge on any atom is -0.463 e. The van der Waals surface area contributed by atoms with Gasteiger partial charge in [0.25, 0.3) is 0 Å². The number of nitrogens with one attached hydrogen (secondary N) is 3. The van der Waals surface area contributed by atoms with Gasteiger partial charge in [-0.2, -0.15) is 0 Å². The molecule has 0 radical (unpaired) electrons. The van der Waals surface area contributed by atoms with E-state index in [0.29, 0.717) is 5.02 Å². The highest BCUT2D eigenvalue weighted by Crippen LogP contribution is 2.15. The second-order valence-corrected chi connectivity index (χ2v) is 8.40. The highest BCUT2D eigenvalue weighted by atomic mass is 35.5. The number of halogens is 1. The molecule has 1 aromatic rings. The van der Waals surface area contributed by atoms with Crippen molar-refractivity contribution in [1.82, 2.24) is 15.4 Å². The summed E-state index contributed by atoms with van der Waals surface area (Å²) in [6.07, 6.45) is -0.253. The van der Waals surface area contributed by atoms with Gasteiger partial charge in [-0.25, -0.2) is 22.7 Å². The van der Waals surface area contributed by atoms with Crippen molar-refractivity contribution in [3.05, 3.63) is 40.6 Å². The first-order valence-electron chi connectivity index (χ1n) is 9.02. The molecule has 1 atom stereocenters. The van der Waals surface area contributed by atoms with Gasteiger partial charge in [-0.3, -0.25) is 4.79 Å². The minimum absolute atomic E-state index is 0.0101. The standard InChI is InChI=1S/C18H22ClN3O7S/c1-3-28-17(24)16-11(2)21-18(25)22-14(16)10-29-15(23)8-9-20-30(26,27)13-6-4-12(19)5-7-13/h4-7,11,20H,3,8-10H2,1-2H3,(H2,21,22,25). The third-order valence-corrected chi connectivity index (χ3v) is 5.72. The van der Waals surface area contributed by atoms with Crippen molar-refractivity contribution in [2.75, 3.05) is 19.8 Å². The Morgan fingerprint density at radius 1 is 1.20 bits per heavy atom. The van der Waals surface area contributed by atoms with E-state index in [1.54, 1.807) is 13.8 Å². The molecule has 2 rings (SSSR count). The van der Waals surface area contributed by atoms with Crippen LogP contribution in [-0.4, -0.2) is 52.2 Å². The van der Waals surface area contributed by atoms with E-state index in [-0.39, 0.29) is 42.3 Å². The predicted octanol–water partition coefficient (Wildman–Crippen LogP) is 1.07. The van der Waals surface area contributed by atoms with Crippen molar-refractivity contribution in [3.63, 3.8) is 0 Å². The van der Waals surface area contributed by atoms with Crippen LogP contribution in [0.3, 0.4) is 0 Å². The van der Waals surface area contributed by atoms with Crippen LogP contribution in [0.15, 0.2) is 40.4 Å². The first-order valence-corrected chi connectivity index (χ1v) is 10.9. The first-order chi connectivity index (χ1) is 14.1. The Hall–Kier alpha value is -2.63. The van der Waals surface area contributed by atoms with Crippen LogP contribution in [0.25, 0.3) is 0 Å². The fourth-order valence-electron chi connectivity index (χ4n) is 2.60. The molecule has 1 aliphatic heterocycles. The predicted molar refractivity (Wildman–Crippen MR) is 107 cm³/mol. The van der Waals surface area contributed by atoms with Crippen LogP contribution in [0.2, 0.25) is 5.02 Å². The van der Waals surface area contributed by atoms with E-state index < -0.39 is 34.0 Å². The van der Waals surface area contributed by atoms with Gasteiger partial charge in [-0.1, -0.05) is 11.6 Å². The molecule has 1 aromatic carbocycles. The smallest absolute Gasteiger partial charge is 0.338 e. The van der Waals surface area contributed by atoms with Gasteiger partial charge in [0.2, 0.25) is 10.0 Å². The zero-order chi connectivity index (χ0) is 22.3. The number of ether oxygens (including phenoxy) is 2. The highest BCUT2D eigenvalue weighted by molar-refractivity contribution is 7.89. The third-order valence-electron chi connectivity index (χ3n) is 3.99. The Morgan fingerprint density at radius 2 is 1.87 bits per heavy atom. The lowest BCUT2D eigenvalue weighted by Gasteiger charge is -2.26. The molecule has 0 saturated carbocycles. The SMILES string of the molecule is CCOC(=O)C1=C(COC(=O)CCNS(=O)(=O)c2ccc(Cl)cc2)NC(=O)NC1C. The van der Waals surface area contributed by atoms with Crippen LogP contribution < -0.4 is 15.4 Å². The summed E-state index contributed by atoms with van der Waals surface area (Å²) < 4.78 is 36.6. The van der Waals surface area contributed by atoms with Crippen LogP contribution in [0, 0.1) is 0 Å². The summed E-state index contributed by atoms with van der Waals surface area (Å²) in [5, 5.41) is 5.35. The van der Waals surface area contributed by atoms with Gasteiger partial charge in [0.05, 0.1) is 35.2 Å². The zero-order valence-electron chi connectivity index (χ0n) is 16.4. The second-order valence-electron chi connectivity index (χ2n) is 6.20. The van der Waals surface area contributed by atoms with Crippen LogP contribution >= 0.6 is 11.6 Å². The van der Waals surface area contributed by atoms with Gasteiger partial charge in [0.15, 0.2) is 0 Å². The zero-order valence-corrected chi connectivity index (χ0v) is 17.9. The molecule has 0 aliphatic carbocycles. The number of carbonyl (C=O) groups is 3. The van der Waals surface area contributed by atoms with Crippen LogP contribution in [0.5, 0.6) is 0 Å². The molecular weight excluding hydrogens is 438 g/mol. The molecule has 12 heteroatoms. The Balaban J connectivity index is 1.92. The average molecular weight is 460 g/mol. The molecular formula is C18H22ClN3O7S. The maximum Gasteiger partial charge on any atom is 0.338 e. The van der Waals surface area contributed by atoms with Crippen molar-refractivity contribution >= 4 is 39.6 Å². The minimum atomic E-state index is -3.80. The molecule has 0 fully saturated rings. The Kier molecular flexibility index (Phi) is 8.21. The molecule has 0 bridgehead atoms. The number of amides is 2. The Morgan fingerprint density at radius 3 is 2.50 bits per heavy atom. The van der Waals surface area contributed by atoms with Crippen molar-refractivity contribution in [2.45, 2.75) is 31.2 Å². The fraction of sp³-hybridized carbons (Fsp3) is 0.389. The average Bonchev–Trinajstić information content (AvgIpc) is 2.66. The van der Waals surface area contributed by atoms with E-state index in [1.165, 1.54) is 24.3 Å². The summed E-state index contributed by atoms with van der Waals surface area (Å²) >= 11 is 5.73. The maximum absolute atomic E-state index is 12.2. The molecule has 0 spiro atoms. The third kappa shape index (κ3) is 6.44. The quantitative estimate of drug-likeness (QED) is 0.469. The largest absolute Gasteiger partial charge is 0.463 e. The van der Waals surface area contributed by atoms with Crippen molar-refractivity contribution in [2.24, 2.45) is 0 Å². The van der Waals surface area contributed by atoms with Gasteiger partial charge >= 0.3 is 18.0 Å². The number of rotatable bonds is 9. The monoisotopic (exact) mass is 459 g/mol. The lowest BCUT2D eigenvalue weighted by molar-refractivity contribution is -0.143. The van der Waals surface area contributed by atoms with E-state index in [0.717, 1.165) is 0 Å². The van der Waals surface area contributed by atoms with Crippen molar-refractivity contribution in [3.8, 4) is 0 Å². The summed E-state index contributed by atoms with van der Waals surface area (Å²) in [4.78, 5) is 35.8. The van der Waals surface area contributed by atoms with E-state index in [2.05, 4.69) is 15.4 Å². The fourth-order valence-corrected chi connectivity index (χ4v) is 3.76. The number of esters is 2. The van der Waals surface area contributed by atoms with E-state index >= 15 is 0 Å². The summed E-state index contributed by atoms with van der Waals surface area (Å²) in [6.45, 7) is 2.82. The van der Waals surface area contributed by atoms with Gasteiger partial charge in [0, 0.05) is 11.6 Å². The lowest BCUT2D eigenvalue weighted by atomic mass is 10.0. The Labute approximate surface area is 179 Å². The van der Waals surface area contributed by atoms with E-state index in [1.807, 2.05) is 0 Å². The molecule has 30 heavy (non-hydrogen) atoms. The van der Waals surface area contributed by atoms with Crippen LogP contribution in [-0.2, 0) is 29.1 Å². The van der Waals surface area contributed by atoms with Gasteiger partial charge in [-0.05, 0) is 38.1 Å². The number of carbonyl (C=O) groups excluding carboxylic acids is 3. The normalized spacial score (nSPS) is 16.5. The van der Waals surface area contributed by atoms with Crippen molar-refractivity contribution < 1.29 is 32.3 Å².